The van der Waals surface area contributed by atoms with Crippen LogP contribution in [-0.2, 0) is 0 Å². The highest BCUT2D eigenvalue weighted by Crippen LogP contribution is 2.27. The largest absolute Gasteiger partial charge is 0.396 e. The number of rotatable bonds is 9. The Labute approximate surface area is 97.9 Å². The Bertz CT molecular complexity index is 168. The van der Waals surface area contributed by atoms with Gasteiger partial charge in [0.2, 0.25) is 0 Å². The lowest BCUT2D eigenvalue weighted by Crippen LogP contribution is -2.29. The minimum Gasteiger partial charge on any atom is -0.396 e. The molecule has 16 heavy (non-hydrogen) atoms. The molecule has 0 saturated heterocycles. The topological polar surface area (TPSA) is 80.9 Å². The second-order valence-corrected chi connectivity index (χ2v) is 4.86. The van der Waals surface area contributed by atoms with Crippen molar-refractivity contribution in [1.82, 2.24) is 0 Å². The standard InChI is InChI=1S/C12H26O4/c1-3-12(2,9-14)7-6-11(16)10(15)5-4-8-13/h10-11,13-16H,3-9H2,1-2H3. The first-order chi connectivity index (χ1) is 7.49. The summed E-state index contributed by atoms with van der Waals surface area (Å²) >= 11 is 0. The molecule has 4 N–H and O–H groups in total. The molecule has 3 unspecified atom stereocenters. The molecule has 0 aliphatic carbocycles. The zero-order chi connectivity index (χ0) is 12.6. The number of aliphatic hydroxyl groups excluding tert-OH is 4. The molecule has 0 aliphatic heterocycles. The zero-order valence-corrected chi connectivity index (χ0v) is 10.4. The van der Waals surface area contributed by atoms with E-state index in [1.165, 1.54) is 0 Å². The first-order valence-corrected chi connectivity index (χ1v) is 6.07. The van der Waals surface area contributed by atoms with Crippen LogP contribution < -0.4 is 0 Å². The van der Waals surface area contributed by atoms with Gasteiger partial charge in [-0.1, -0.05) is 13.8 Å². The van der Waals surface area contributed by atoms with Crippen LogP contribution in [0.15, 0.2) is 0 Å². The molecule has 3 atom stereocenters. The predicted octanol–water partition coefficient (Wildman–Crippen LogP) is 0.670. The van der Waals surface area contributed by atoms with Gasteiger partial charge >= 0.3 is 0 Å². The highest BCUT2D eigenvalue weighted by molar-refractivity contribution is 4.76. The molecule has 0 fully saturated rings. The molecule has 0 heterocycles. The summed E-state index contributed by atoms with van der Waals surface area (Å²) in [5.74, 6) is 0. The van der Waals surface area contributed by atoms with E-state index in [0.717, 1.165) is 6.42 Å². The average Bonchev–Trinajstić information content (AvgIpc) is 2.32. The molecule has 4 nitrogen and oxygen atoms in total. The second-order valence-electron chi connectivity index (χ2n) is 4.86. The highest BCUT2D eigenvalue weighted by Gasteiger charge is 2.24. The molecule has 0 radical (unpaired) electrons. The fraction of sp³-hybridized carbons (Fsp3) is 1.00. The van der Waals surface area contributed by atoms with Crippen LogP contribution in [0.4, 0.5) is 0 Å². The second kappa shape index (κ2) is 8.01. The molecule has 0 bridgehead atoms. The molecule has 0 amide bonds. The fourth-order valence-corrected chi connectivity index (χ4v) is 1.55. The number of hydrogen-bond acceptors (Lipinski definition) is 4. The van der Waals surface area contributed by atoms with Crippen molar-refractivity contribution in [2.24, 2.45) is 5.41 Å². The molecule has 0 aromatic carbocycles. The van der Waals surface area contributed by atoms with E-state index in [0.29, 0.717) is 25.7 Å². The quantitative estimate of drug-likeness (QED) is 0.473. The van der Waals surface area contributed by atoms with Crippen molar-refractivity contribution in [2.75, 3.05) is 13.2 Å². The lowest BCUT2D eigenvalue weighted by Gasteiger charge is -2.27. The Morgan fingerprint density at radius 2 is 1.62 bits per heavy atom. The van der Waals surface area contributed by atoms with Gasteiger partial charge in [0, 0.05) is 13.2 Å². The molecule has 0 aromatic heterocycles. The van der Waals surface area contributed by atoms with Crippen molar-refractivity contribution in [1.29, 1.82) is 0 Å². The van der Waals surface area contributed by atoms with Gasteiger partial charge in [0.15, 0.2) is 0 Å². The van der Waals surface area contributed by atoms with Gasteiger partial charge in [-0.05, 0) is 37.5 Å². The monoisotopic (exact) mass is 234 g/mol. The predicted molar refractivity (Wildman–Crippen MR) is 63.1 cm³/mol. The third-order valence-corrected chi connectivity index (χ3v) is 3.38. The maximum atomic E-state index is 9.69. The normalized spacial score (nSPS) is 19.1. The van der Waals surface area contributed by atoms with E-state index >= 15 is 0 Å². The van der Waals surface area contributed by atoms with Crippen molar-refractivity contribution in [2.45, 2.75) is 58.2 Å². The SMILES string of the molecule is CCC(C)(CO)CCC(O)C(O)CCCO. The lowest BCUT2D eigenvalue weighted by molar-refractivity contribution is -0.00473. The van der Waals surface area contributed by atoms with E-state index < -0.39 is 12.2 Å². The van der Waals surface area contributed by atoms with E-state index in [9.17, 15) is 15.3 Å². The summed E-state index contributed by atoms with van der Waals surface area (Å²) in [5, 5.41) is 37.1. The molecule has 0 rings (SSSR count). The summed E-state index contributed by atoms with van der Waals surface area (Å²) in [4.78, 5) is 0. The Morgan fingerprint density at radius 1 is 1.06 bits per heavy atom. The maximum absolute atomic E-state index is 9.69. The van der Waals surface area contributed by atoms with Crippen LogP contribution in [0, 0.1) is 5.41 Å². The molecule has 0 spiro atoms. The van der Waals surface area contributed by atoms with Crippen LogP contribution >= 0.6 is 0 Å². The summed E-state index contributed by atoms with van der Waals surface area (Å²) in [5.41, 5.74) is -0.169. The van der Waals surface area contributed by atoms with Gasteiger partial charge in [0.1, 0.15) is 0 Å². The summed E-state index contributed by atoms with van der Waals surface area (Å²) < 4.78 is 0. The third kappa shape index (κ3) is 5.80. The lowest BCUT2D eigenvalue weighted by atomic mass is 9.82. The smallest absolute Gasteiger partial charge is 0.0800 e. The van der Waals surface area contributed by atoms with E-state index in [1.807, 2.05) is 13.8 Å². The summed E-state index contributed by atoms with van der Waals surface area (Å²) in [6.07, 6.45) is 1.41. The van der Waals surface area contributed by atoms with Gasteiger partial charge < -0.3 is 20.4 Å². The maximum Gasteiger partial charge on any atom is 0.0800 e. The highest BCUT2D eigenvalue weighted by atomic mass is 16.3. The van der Waals surface area contributed by atoms with Gasteiger partial charge in [0.05, 0.1) is 12.2 Å². The van der Waals surface area contributed by atoms with Gasteiger partial charge in [-0.15, -0.1) is 0 Å². The molecule has 4 heteroatoms. The Morgan fingerprint density at radius 3 is 2.06 bits per heavy atom. The van der Waals surface area contributed by atoms with Gasteiger partial charge in [-0.25, -0.2) is 0 Å². The van der Waals surface area contributed by atoms with Gasteiger partial charge in [-0.3, -0.25) is 0 Å². The van der Waals surface area contributed by atoms with Crippen molar-refractivity contribution >= 4 is 0 Å². The number of aliphatic hydroxyl groups is 4. The van der Waals surface area contributed by atoms with Gasteiger partial charge in [-0.2, -0.15) is 0 Å². The molecular formula is C12H26O4. The van der Waals surface area contributed by atoms with Crippen LogP contribution in [0.3, 0.4) is 0 Å². The zero-order valence-electron chi connectivity index (χ0n) is 10.4. The molecule has 98 valence electrons. The van der Waals surface area contributed by atoms with Crippen molar-refractivity contribution in [3.05, 3.63) is 0 Å². The number of hydrogen-bond donors (Lipinski definition) is 4. The first-order valence-electron chi connectivity index (χ1n) is 6.07. The van der Waals surface area contributed by atoms with Crippen LogP contribution in [0.5, 0.6) is 0 Å². The molecule has 0 saturated carbocycles. The fourth-order valence-electron chi connectivity index (χ4n) is 1.55. The van der Waals surface area contributed by atoms with Crippen LogP contribution in [0.25, 0.3) is 0 Å². The van der Waals surface area contributed by atoms with Crippen LogP contribution in [0.1, 0.15) is 46.0 Å². The summed E-state index contributed by atoms with van der Waals surface area (Å²) in [6.45, 7) is 4.11. The van der Waals surface area contributed by atoms with Crippen molar-refractivity contribution < 1.29 is 20.4 Å². The first kappa shape index (κ1) is 15.8. The average molecular weight is 234 g/mol. The minimum absolute atomic E-state index is 0.0348. The van der Waals surface area contributed by atoms with E-state index in [1.54, 1.807) is 0 Å². The van der Waals surface area contributed by atoms with E-state index in [-0.39, 0.29) is 18.6 Å². The molecule has 0 aliphatic rings. The summed E-state index contributed by atoms with van der Waals surface area (Å²) in [6, 6.07) is 0. The van der Waals surface area contributed by atoms with Crippen LogP contribution in [0.2, 0.25) is 0 Å². The Balaban J connectivity index is 3.90. The third-order valence-electron chi connectivity index (χ3n) is 3.38. The van der Waals surface area contributed by atoms with Crippen molar-refractivity contribution in [3.8, 4) is 0 Å². The summed E-state index contributed by atoms with van der Waals surface area (Å²) in [7, 11) is 0. The molecule has 0 aromatic rings. The van der Waals surface area contributed by atoms with E-state index in [4.69, 9.17) is 5.11 Å². The minimum atomic E-state index is -0.771. The Hall–Kier alpha value is -0.160. The van der Waals surface area contributed by atoms with Gasteiger partial charge in [0.25, 0.3) is 0 Å². The van der Waals surface area contributed by atoms with Crippen molar-refractivity contribution in [3.63, 3.8) is 0 Å². The van der Waals surface area contributed by atoms with Crippen LogP contribution in [-0.4, -0.2) is 45.8 Å². The molecular weight excluding hydrogens is 208 g/mol. The van der Waals surface area contributed by atoms with E-state index in [2.05, 4.69) is 0 Å². The Kier molecular flexibility index (Phi) is 7.93.